The van der Waals surface area contributed by atoms with Crippen molar-refractivity contribution in [3.8, 4) is 0 Å². The fraction of sp³-hybridized carbons (Fsp3) is 0.750. The molecule has 0 aromatic rings. The van der Waals surface area contributed by atoms with Gasteiger partial charge in [0.05, 0.1) is 0 Å². The van der Waals surface area contributed by atoms with Crippen LogP contribution in [0.15, 0.2) is 12.2 Å². The molecule has 0 heterocycles. The highest BCUT2D eigenvalue weighted by Gasteiger charge is 2.18. The first-order valence-corrected chi connectivity index (χ1v) is 5.50. The van der Waals surface area contributed by atoms with Crippen molar-refractivity contribution in [3.05, 3.63) is 12.2 Å². The lowest BCUT2D eigenvalue weighted by Gasteiger charge is -2.25. The quantitative estimate of drug-likeness (QED) is 0.701. The molecule has 1 N–H and O–H groups in total. The van der Waals surface area contributed by atoms with E-state index in [0.717, 1.165) is 18.3 Å². The van der Waals surface area contributed by atoms with E-state index in [1.807, 2.05) is 0 Å². The highest BCUT2D eigenvalue weighted by molar-refractivity contribution is 5.85. The lowest BCUT2D eigenvalue weighted by atomic mass is 9.80. The predicted octanol–water partition coefficient (Wildman–Crippen LogP) is 3.23. The molecule has 1 saturated carbocycles. The molecule has 0 atom stereocenters. The summed E-state index contributed by atoms with van der Waals surface area (Å²) in [5.74, 6) is 0.769. The van der Waals surface area contributed by atoms with Gasteiger partial charge >= 0.3 is 5.97 Å². The van der Waals surface area contributed by atoms with Gasteiger partial charge in [-0.15, -0.1) is 0 Å². The van der Waals surface area contributed by atoms with Crippen LogP contribution >= 0.6 is 0 Å². The van der Waals surface area contributed by atoms with E-state index in [1.165, 1.54) is 25.7 Å². The Morgan fingerprint density at radius 1 is 1.36 bits per heavy atom. The van der Waals surface area contributed by atoms with Crippen LogP contribution in [-0.2, 0) is 4.79 Å². The number of hydrogen-bond acceptors (Lipinski definition) is 1. The third-order valence-electron chi connectivity index (χ3n) is 3.29. The van der Waals surface area contributed by atoms with Crippen molar-refractivity contribution in [2.75, 3.05) is 0 Å². The smallest absolute Gasteiger partial charge is 0.330 e. The first kappa shape index (κ1) is 11.3. The zero-order valence-electron chi connectivity index (χ0n) is 8.96. The molecule has 0 unspecified atom stereocenters. The predicted molar refractivity (Wildman–Crippen MR) is 57.1 cm³/mol. The third-order valence-corrected chi connectivity index (χ3v) is 3.29. The fourth-order valence-electron chi connectivity index (χ4n) is 2.10. The Bertz CT molecular complexity index is 212. The Morgan fingerprint density at radius 2 is 1.93 bits per heavy atom. The molecule has 0 bridgehead atoms. The number of hydrogen-bond donors (Lipinski definition) is 1. The van der Waals surface area contributed by atoms with Gasteiger partial charge in [-0.25, -0.2) is 4.79 Å². The molecule has 1 rings (SSSR count). The second-order valence-electron chi connectivity index (χ2n) is 4.57. The molecule has 14 heavy (non-hydrogen) atoms. The van der Waals surface area contributed by atoms with Crippen LogP contribution in [0.3, 0.4) is 0 Å². The van der Waals surface area contributed by atoms with E-state index in [2.05, 4.69) is 13.5 Å². The van der Waals surface area contributed by atoms with Crippen molar-refractivity contribution >= 4 is 5.97 Å². The SMILES string of the molecule is C=C(CCC1CCC(C)CC1)C(=O)O. The molecule has 0 aromatic heterocycles. The van der Waals surface area contributed by atoms with E-state index < -0.39 is 5.97 Å². The van der Waals surface area contributed by atoms with Crippen LogP contribution in [0.2, 0.25) is 0 Å². The minimum absolute atomic E-state index is 0.364. The van der Waals surface area contributed by atoms with Gasteiger partial charge in [0, 0.05) is 5.57 Å². The summed E-state index contributed by atoms with van der Waals surface area (Å²) in [5, 5.41) is 8.65. The minimum atomic E-state index is -0.839. The minimum Gasteiger partial charge on any atom is -0.478 e. The Morgan fingerprint density at radius 3 is 2.43 bits per heavy atom. The molecule has 80 valence electrons. The average molecular weight is 196 g/mol. The largest absolute Gasteiger partial charge is 0.478 e. The maximum atomic E-state index is 10.5. The van der Waals surface area contributed by atoms with E-state index in [1.54, 1.807) is 0 Å². The molecule has 1 aliphatic rings. The summed E-state index contributed by atoms with van der Waals surface area (Å²) in [6.07, 6.45) is 6.84. The molecule has 0 aliphatic heterocycles. The number of carboxylic acid groups (broad SMARTS) is 1. The second kappa shape index (κ2) is 5.18. The Labute approximate surface area is 86.0 Å². The van der Waals surface area contributed by atoms with Crippen molar-refractivity contribution in [1.29, 1.82) is 0 Å². The van der Waals surface area contributed by atoms with Gasteiger partial charge in [-0.3, -0.25) is 0 Å². The fourth-order valence-corrected chi connectivity index (χ4v) is 2.10. The molecule has 0 amide bonds. The molecular weight excluding hydrogens is 176 g/mol. The molecule has 2 heteroatoms. The second-order valence-corrected chi connectivity index (χ2v) is 4.57. The Hall–Kier alpha value is -0.790. The van der Waals surface area contributed by atoms with Crippen LogP contribution in [0, 0.1) is 11.8 Å². The topological polar surface area (TPSA) is 37.3 Å². The molecule has 0 radical (unpaired) electrons. The van der Waals surface area contributed by atoms with Crippen molar-refractivity contribution in [2.24, 2.45) is 11.8 Å². The normalized spacial score (nSPS) is 27.2. The van der Waals surface area contributed by atoms with E-state index in [9.17, 15) is 4.79 Å². The van der Waals surface area contributed by atoms with E-state index >= 15 is 0 Å². The lowest BCUT2D eigenvalue weighted by molar-refractivity contribution is -0.132. The van der Waals surface area contributed by atoms with E-state index in [4.69, 9.17) is 5.11 Å². The summed E-state index contributed by atoms with van der Waals surface area (Å²) in [6.45, 7) is 5.85. The van der Waals surface area contributed by atoms with Gasteiger partial charge < -0.3 is 5.11 Å². The number of carbonyl (C=O) groups is 1. The van der Waals surface area contributed by atoms with Crippen molar-refractivity contribution in [1.82, 2.24) is 0 Å². The van der Waals surface area contributed by atoms with Gasteiger partial charge in [-0.2, -0.15) is 0 Å². The van der Waals surface area contributed by atoms with Gasteiger partial charge in [0.25, 0.3) is 0 Å². The van der Waals surface area contributed by atoms with Crippen LogP contribution < -0.4 is 0 Å². The molecule has 0 spiro atoms. The van der Waals surface area contributed by atoms with Crippen molar-refractivity contribution in [3.63, 3.8) is 0 Å². The molecule has 1 fully saturated rings. The third kappa shape index (κ3) is 3.52. The summed E-state index contributed by atoms with van der Waals surface area (Å²) in [6, 6.07) is 0. The van der Waals surface area contributed by atoms with Gasteiger partial charge in [0.1, 0.15) is 0 Å². The summed E-state index contributed by atoms with van der Waals surface area (Å²) in [7, 11) is 0. The number of carboxylic acids is 1. The van der Waals surface area contributed by atoms with E-state index in [0.29, 0.717) is 12.0 Å². The number of rotatable bonds is 4. The maximum Gasteiger partial charge on any atom is 0.330 e. The zero-order valence-corrected chi connectivity index (χ0v) is 8.96. The summed E-state index contributed by atoms with van der Waals surface area (Å²) in [4.78, 5) is 10.5. The van der Waals surface area contributed by atoms with Gasteiger partial charge in [-0.1, -0.05) is 39.2 Å². The summed E-state index contributed by atoms with van der Waals surface area (Å²) < 4.78 is 0. The first-order valence-electron chi connectivity index (χ1n) is 5.50. The van der Waals surface area contributed by atoms with Gasteiger partial charge in [-0.05, 0) is 24.7 Å². The Kier molecular flexibility index (Phi) is 4.18. The highest BCUT2D eigenvalue weighted by atomic mass is 16.4. The molecule has 0 saturated heterocycles. The van der Waals surface area contributed by atoms with Crippen LogP contribution in [0.4, 0.5) is 0 Å². The van der Waals surface area contributed by atoms with Crippen molar-refractivity contribution < 1.29 is 9.90 Å². The first-order chi connectivity index (χ1) is 6.59. The average Bonchev–Trinajstić information content (AvgIpc) is 2.16. The van der Waals surface area contributed by atoms with Crippen LogP contribution in [0.25, 0.3) is 0 Å². The molecule has 1 aliphatic carbocycles. The van der Waals surface area contributed by atoms with Crippen LogP contribution in [-0.4, -0.2) is 11.1 Å². The standard InChI is InChI=1S/C12H20O2/c1-9-3-6-11(7-4-9)8-5-10(2)12(13)14/h9,11H,2-8H2,1H3,(H,13,14). The zero-order chi connectivity index (χ0) is 10.6. The Balaban J connectivity index is 2.19. The lowest BCUT2D eigenvalue weighted by Crippen LogP contribution is -2.13. The summed E-state index contributed by atoms with van der Waals surface area (Å²) in [5.41, 5.74) is 0.364. The number of aliphatic carboxylic acids is 1. The van der Waals surface area contributed by atoms with Crippen LogP contribution in [0.1, 0.15) is 45.4 Å². The van der Waals surface area contributed by atoms with E-state index in [-0.39, 0.29) is 0 Å². The van der Waals surface area contributed by atoms with Gasteiger partial charge in [0.15, 0.2) is 0 Å². The summed E-state index contributed by atoms with van der Waals surface area (Å²) >= 11 is 0. The van der Waals surface area contributed by atoms with Gasteiger partial charge in [0.2, 0.25) is 0 Å². The molecule has 0 aromatic carbocycles. The maximum absolute atomic E-state index is 10.5. The van der Waals surface area contributed by atoms with Crippen molar-refractivity contribution in [2.45, 2.75) is 45.4 Å². The molecule has 2 nitrogen and oxygen atoms in total. The molecular formula is C12H20O2. The van der Waals surface area contributed by atoms with Crippen LogP contribution in [0.5, 0.6) is 0 Å². The highest BCUT2D eigenvalue weighted by Crippen LogP contribution is 2.31. The monoisotopic (exact) mass is 196 g/mol.